The molecule has 0 atom stereocenters. The summed E-state index contributed by atoms with van der Waals surface area (Å²) in [6.07, 6.45) is 2.34. The molecular weight excluding hydrogens is 414 g/mol. The molecular formula is C12H11Br2NO6. The number of hydrogen-bond donors (Lipinski definition) is 0. The average Bonchev–Trinajstić information content (AvgIpc) is 2.45. The van der Waals surface area contributed by atoms with Gasteiger partial charge in [0.05, 0.1) is 36.3 Å². The summed E-state index contributed by atoms with van der Waals surface area (Å²) in [6.45, 7) is 0. The Labute approximate surface area is 137 Å². The molecule has 7 nitrogen and oxygen atoms in total. The summed E-state index contributed by atoms with van der Waals surface area (Å²) in [5.74, 6) is -0.201. The highest BCUT2D eigenvalue weighted by Gasteiger charge is 2.29. The summed E-state index contributed by atoms with van der Waals surface area (Å²) in [6, 6.07) is 0. The zero-order valence-corrected chi connectivity index (χ0v) is 14.5. The molecule has 0 amide bonds. The molecule has 21 heavy (non-hydrogen) atoms. The van der Waals surface area contributed by atoms with Crippen molar-refractivity contribution in [1.29, 1.82) is 0 Å². The molecule has 0 aliphatic rings. The summed E-state index contributed by atoms with van der Waals surface area (Å²) in [4.78, 5) is 21.9. The molecule has 0 spiro atoms. The van der Waals surface area contributed by atoms with Gasteiger partial charge in [0.1, 0.15) is 4.47 Å². The van der Waals surface area contributed by atoms with E-state index in [1.165, 1.54) is 27.4 Å². The molecule has 1 rings (SSSR count). The quantitative estimate of drug-likeness (QED) is 0.312. The number of ether oxygens (including phenoxy) is 3. The van der Waals surface area contributed by atoms with Gasteiger partial charge in [-0.15, -0.1) is 0 Å². The van der Waals surface area contributed by atoms with Gasteiger partial charge in [0.15, 0.2) is 11.5 Å². The third-order valence-corrected chi connectivity index (χ3v) is 4.01. The van der Waals surface area contributed by atoms with Crippen molar-refractivity contribution in [3.63, 3.8) is 0 Å². The van der Waals surface area contributed by atoms with Gasteiger partial charge in [0, 0.05) is 6.08 Å². The van der Waals surface area contributed by atoms with Crippen molar-refractivity contribution in [2.45, 2.75) is 0 Å². The van der Waals surface area contributed by atoms with Gasteiger partial charge in [-0.05, 0) is 37.9 Å². The lowest BCUT2D eigenvalue weighted by atomic mass is 10.1. The van der Waals surface area contributed by atoms with Crippen LogP contribution in [-0.2, 0) is 9.53 Å². The Hall–Kier alpha value is -1.61. The number of methoxy groups -OCH3 is 3. The Morgan fingerprint density at radius 3 is 2.10 bits per heavy atom. The van der Waals surface area contributed by atoms with Crippen molar-refractivity contribution in [3.05, 3.63) is 30.7 Å². The number of carbonyl (C=O) groups excluding carboxylic acids is 1. The summed E-state index contributed by atoms with van der Waals surface area (Å²) < 4.78 is 15.2. The van der Waals surface area contributed by atoms with Gasteiger partial charge >= 0.3 is 5.97 Å². The maximum Gasteiger partial charge on any atom is 0.330 e. The number of halogens is 2. The van der Waals surface area contributed by atoms with Crippen molar-refractivity contribution in [1.82, 2.24) is 0 Å². The third kappa shape index (κ3) is 3.53. The van der Waals surface area contributed by atoms with Gasteiger partial charge in [0.25, 0.3) is 5.69 Å². The molecule has 0 aliphatic carbocycles. The molecule has 0 unspecified atom stereocenters. The number of carbonyl (C=O) groups is 1. The fourth-order valence-electron chi connectivity index (χ4n) is 1.57. The summed E-state index contributed by atoms with van der Waals surface area (Å²) in [7, 11) is 3.97. The van der Waals surface area contributed by atoms with E-state index in [0.29, 0.717) is 0 Å². The standard InChI is InChI=1S/C12H11Br2NO6/c1-19-7(16)5-4-6-8(13)11(20-2)12(21-3)9(14)10(6)15(17)18/h4-5H,1-3H3/b5-4+. The number of nitro benzene ring substituents is 1. The van der Waals surface area contributed by atoms with E-state index in [9.17, 15) is 14.9 Å². The second kappa shape index (κ2) is 7.41. The minimum Gasteiger partial charge on any atom is -0.492 e. The third-order valence-electron chi connectivity index (χ3n) is 2.48. The van der Waals surface area contributed by atoms with E-state index in [2.05, 4.69) is 36.6 Å². The predicted octanol–water partition coefficient (Wildman–Crippen LogP) is 3.32. The Bertz CT molecular complexity index is 615. The highest BCUT2D eigenvalue weighted by molar-refractivity contribution is 9.11. The highest BCUT2D eigenvalue weighted by Crippen LogP contribution is 2.49. The van der Waals surface area contributed by atoms with E-state index in [-0.39, 0.29) is 31.7 Å². The Morgan fingerprint density at radius 1 is 1.14 bits per heavy atom. The molecule has 0 radical (unpaired) electrons. The van der Waals surface area contributed by atoms with Gasteiger partial charge in [-0.25, -0.2) is 4.79 Å². The van der Waals surface area contributed by atoms with Crippen LogP contribution in [0.15, 0.2) is 15.0 Å². The maximum atomic E-state index is 11.3. The first kappa shape index (κ1) is 17.4. The van der Waals surface area contributed by atoms with E-state index in [0.717, 1.165) is 6.08 Å². The molecule has 0 aromatic heterocycles. The van der Waals surface area contributed by atoms with Crippen LogP contribution in [0, 0.1) is 10.1 Å². The van der Waals surface area contributed by atoms with Crippen LogP contribution in [-0.4, -0.2) is 32.2 Å². The molecule has 0 N–H and O–H groups in total. The SMILES string of the molecule is COC(=O)/C=C/c1c(Br)c(OC)c(OC)c(Br)c1[N+](=O)[O-]. The van der Waals surface area contributed by atoms with E-state index in [1.54, 1.807) is 0 Å². The van der Waals surface area contributed by atoms with Crippen LogP contribution >= 0.6 is 31.9 Å². The zero-order chi connectivity index (χ0) is 16.2. The molecule has 0 bridgehead atoms. The van der Waals surface area contributed by atoms with Crippen LogP contribution in [0.4, 0.5) is 5.69 Å². The molecule has 1 aromatic carbocycles. The monoisotopic (exact) mass is 423 g/mol. The van der Waals surface area contributed by atoms with Gasteiger partial charge in [0.2, 0.25) is 0 Å². The molecule has 1 aromatic rings. The van der Waals surface area contributed by atoms with Gasteiger partial charge in [-0.3, -0.25) is 10.1 Å². The van der Waals surface area contributed by atoms with Crippen molar-refractivity contribution in [2.24, 2.45) is 0 Å². The Balaban J connectivity index is 3.68. The molecule has 0 aliphatic heterocycles. The van der Waals surface area contributed by atoms with Crippen molar-refractivity contribution in [3.8, 4) is 11.5 Å². The number of esters is 1. The number of hydrogen-bond acceptors (Lipinski definition) is 6. The summed E-state index contributed by atoms with van der Waals surface area (Å²) in [5, 5.41) is 11.3. The van der Waals surface area contributed by atoms with E-state index in [4.69, 9.17) is 9.47 Å². The van der Waals surface area contributed by atoms with Crippen LogP contribution in [0.2, 0.25) is 0 Å². The van der Waals surface area contributed by atoms with E-state index in [1.807, 2.05) is 0 Å². The minimum absolute atomic E-state index is 0.111. The molecule has 0 fully saturated rings. The number of rotatable bonds is 5. The average molecular weight is 425 g/mol. The lowest BCUT2D eigenvalue weighted by molar-refractivity contribution is -0.386. The van der Waals surface area contributed by atoms with Crippen molar-refractivity contribution < 1.29 is 23.9 Å². The Kier molecular flexibility index (Phi) is 6.16. The fourth-order valence-corrected chi connectivity index (χ4v) is 2.93. The van der Waals surface area contributed by atoms with Crippen LogP contribution in [0.3, 0.4) is 0 Å². The predicted molar refractivity (Wildman–Crippen MR) is 82.7 cm³/mol. The zero-order valence-electron chi connectivity index (χ0n) is 11.3. The highest BCUT2D eigenvalue weighted by atomic mass is 79.9. The molecule has 0 saturated carbocycles. The van der Waals surface area contributed by atoms with Crippen LogP contribution in [0.5, 0.6) is 11.5 Å². The van der Waals surface area contributed by atoms with Crippen LogP contribution < -0.4 is 9.47 Å². The molecule has 0 heterocycles. The second-order valence-electron chi connectivity index (χ2n) is 3.57. The second-order valence-corrected chi connectivity index (χ2v) is 5.16. The first-order chi connectivity index (χ1) is 9.88. The first-order valence-corrected chi connectivity index (χ1v) is 7.00. The van der Waals surface area contributed by atoms with E-state index >= 15 is 0 Å². The Morgan fingerprint density at radius 2 is 1.67 bits per heavy atom. The fraction of sp³-hybridized carbons (Fsp3) is 0.250. The lowest BCUT2D eigenvalue weighted by Crippen LogP contribution is -2.01. The number of nitro groups is 1. The van der Waals surface area contributed by atoms with Crippen molar-refractivity contribution >= 4 is 49.6 Å². The summed E-state index contributed by atoms with van der Waals surface area (Å²) >= 11 is 6.35. The van der Waals surface area contributed by atoms with Crippen LogP contribution in [0.1, 0.15) is 5.56 Å². The lowest BCUT2D eigenvalue weighted by Gasteiger charge is -2.14. The van der Waals surface area contributed by atoms with Gasteiger partial charge < -0.3 is 14.2 Å². The molecule has 9 heteroatoms. The first-order valence-electron chi connectivity index (χ1n) is 5.42. The topological polar surface area (TPSA) is 87.9 Å². The van der Waals surface area contributed by atoms with Crippen LogP contribution in [0.25, 0.3) is 6.08 Å². The smallest absolute Gasteiger partial charge is 0.330 e. The number of benzene rings is 1. The summed E-state index contributed by atoms with van der Waals surface area (Å²) in [5.41, 5.74) is -0.116. The van der Waals surface area contributed by atoms with Gasteiger partial charge in [-0.2, -0.15) is 0 Å². The van der Waals surface area contributed by atoms with E-state index < -0.39 is 10.9 Å². The minimum atomic E-state index is -0.637. The molecule has 0 saturated heterocycles. The van der Waals surface area contributed by atoms with Crippen molar-refractivity contribution in [2.75, 3.05) is 21.3 Å². The largest absolute Gasteiger partial charge is 0.492 e. The molecule has 114 valence electrons. The maximum absolute atomic E-state index is 11.3. The normalized spacial score (nSPS) is 10.5. The van der Waals surface area contributed by atoms with Gasteiger partial charge in [-0.1, -0.05) is 0 Å². The number of nitrogens with zero attached hydrogens (tertiary/aromatic N) is 1.